The maximum atomic E-state index is 12.7. The summed E-state index contributed by atoms with van der Waals surface area (Å²) in [6.07, 6.45) is 6.07. The van der Waals surface area contributed by atoms with E-state index in [1.54, 1.807) is 0 Å². The van der Waals surface area contributed by atoms with Crippen molar-refractivity contribution < 1.29 is 13.2 Å². The van der Waals surface area contributed by atoms with E-state index in [0.29, 0.717) is 6.42 Å². The van der Waals surface area contributed by atoms with Crippen molar-refractivity contribution in [3.05, 3.63) is 35.9 Å². The largest absolute Gasteiger partial charge is 0.353 e. The Morgan fingerprint density at radius 2 is 1.86 bits per heavy atom. The SMILES string of the molecule is CS(=O)(=O)[C@H]1CCC[C@@H](NC(=O)C2(c3ccccc3)CC2)C1. The molecule has 22 heavy (non-hydrogen) atoms. The van der Waals surface area contributed by atoms with E-state index >= 15 is 0 Å². The highest BCUT2D eigenvalue weighted by Crippen LogP contribution is 2.48. The van der Waals surface area contributed by atoms with Crippen LogP contribution in [0.25, 0.3) is 0 Å². The van der Waals surface area contributed by atoms with Crippen molar-refractivity contribution in [3.63, 3.8) is 0 Å². The third kappa shape index (κ3) is 3.05. The molecule has 0 unspecified atom stereocenters. The monoisotopic (exact) mass is 321 g/mol. The van der Waals surface area contributed by atoms with Crippen molar-refractivity contribution in [1.82, 2.24) is 5.32 Å². The fourth-order valence-corrected chi connectivity index (χ4v) is 4.69. The van der Waals surface area contributed by atoms with Gasteiger partial charge in [0.15, 0.2) is 0 Å². The predicted molar refractivity (Wildman–Crippen MR) is 86.4 cm³/mol. The van der Waals surface area contributed by atoms with Crippen molar-refractivity contribution in [3.8, 4) is 0 Å². The Morgan fingerprint density at radius 3 is 2.45 bits per heavy atom. The van der Waals surface area contributed by atoms with Crippen molar-refractivity contribution in [1.29, 1.82) is 0 Å². The fraction of sp³-hybridized carbons (Fsp3) is 0.588. The summed E-state index contributed by atoms with van der Waals surface area (Å²) >= 11 is 0. The van der Waals surface area contributed by atoms with E-state index in [1.807, 2.05) is 30.3 Å². The number of nitrogens with one attached hydrogen (secondary N) is 1. The minimum Gasteiger partial charge on any atom is -0.353 e. The van der Waals surface area contributed by atoms with Gasteiger partial charge in [-0.1, -0.05) is 36.8 Å². The van der Waals surface area contributed by atoms with Crippen LogP contribution in [0.1, 0.15) is 44.1 Å². The van der Waals surface area contributed by atoms with Crippen LogP contribution >= 0.6 is 0 Å². The molecule has 0 radical (unpaired) electrons. The average molecular weight is 321 g/mol. The number of hydrogen-bond acceptors (Lipinski definition) is 3. The second kappa shape index (κ2) is 5.69. The molecule has 1 aromatic carbocycles. The summed E-state index contributed by atoms with van der Waals surface area (Å²) in [7, 11) is -3.02. The van der Waals surface area contributed by atoms with E-state index in [4.69, 9.17) is 0 Å². The summed E-state index contributed by atoms with van der Waals surface area (Å²) in [5.74, 6) is 0.0675. The number of rotatable bonds is 4. The second-order valence-corrected chi connectivity index (χ2v) is 9.06. The molecule has 3 rings (SSSR count). The Kier molecular flexibility index (Phi) is 4.02. The van der Waals surface area contributed by atoms with Crippen LogP contribution in [0.15, 0.2) is 30.3 Å². The van der Waals surface area contributed by atoms with Gasteiger partial charge in [-0.2, -0.15) is 0 Å². The number of carbonyl (C=O) groups excluding carboxylic acids is 1. The molecule has 2 aliphatic carbocycles. The van der Waals surface area contributed by atoms with Crippen molar-refractivity contribution in [2.45, 2.75) is 55.2 Å². The van der Waals surface area contributed by atoms with Crippen LogP contribution in [-0.4, -0.2) is 31.9 Å². The van der Waals surface area contributed by atoms with Gasteiger partial charge < -0.3 is 5.32 Å². The van der Waals surface area contributed by atoms with Gasteiger partial charge in [0, 0.05) is 12.3 Å². The van der Waals surface area contributed by atoms with Crippen LogP contribution < -0.4 is 5.32 Å². The van der Waals surface area contributed by atoms with Gasteiger partial charge in [-0.25, -0.2) is 8.42 Å². The Morgan fingerprint density at radius 1 is 1.18 bits per heavy atom. The summed E-state index contributed by atoms with van der Waals surface area (Å²) in [6, 6.07) is 9.88. The number of carbonyl (C=O) groups is 1. The quantitative estimate of drug-likeness (QED) is 0.924. The Hall–Kier alpha value is -1.36. The summed E-state index contributed by atoms with van der Waals surface area (Å²) in [6.45, 7) is 0. The van der Waals surface area contributed by atoms with Crippen LogP contribution in [0.3, 0.4) is 0 Å². The zero-order valence-electron chi connectivity index (χ0n) is 12.9. The minimum absolute atomic E-state index is 0.0119. The molecule has 1 amide bonds. The molecule has 4 nitrogen and oxygen atoms in total. The maximum Gasteiger partial charge on any atom is 0.230 e. The molecule has 2 atom stereocenters. The van der Waals surface area contributed by atoms with E-state index < -0.39 is 9.84 Å². The first-order valence-electron chi connectivity index (χ1n) is 7.97. The smallest absolute Gasteiger partial charge is 0.230 e. The molecular formula is C17H23NO3S. The number of benzene rings is 1. The van der Waals surface area contributed by atoms with Gasteiger partial charge in [0.2, 0.25) is 5.91 Å². The standard InChI is InChI=1S/C17H23NO3S/c1-22(20,21)15-9-5-8-14(12-15)18-16(19)17(10-11-17)13-6-3-2-4-7-13/h2-4,6-7,14-15H,5,8-12H2,1H3,(H,18,19)/t14-,15+/m1/s1. The van der Waals surface area contributed by atoms with E-state index in [1.165, 1.54) is 6.26 Å². The molecule has 0 aliphatic heterocycles. The molecule has 1 aromatic rings. The molecule has 2 aliphatic rings. The first-order valence-corrected chi connectivity index (χ1v) is 9.93. The molecule has 0 heterocycles. The molecule has 120 valence electrons. The lowest BCUT2D eigenvalue weighted by molar-refractivity contribution is -0.124. The third-order valence-electron chi connectivity index (χ3n) is 5.08. The van der Waals surface area contributed by atoms with Gasteiger partial charge >= 0.3 is 0 Å². The van der Waals surface area contributed by atoms with Crippen molar-refractivity contribution in [2.75, 3.05) is 6.26 Å². The van der Waals surface area contributed by atoms with Crippen molar-refractivity contribution >= 4 is 15.7 Å². The molecule has 0 aromatic heterocycles. The first kappa shape index (κ1) is 15.5. The molecule has 0 spiro atoms. The second-order valence-electron chi connectivity index (χ2n) is 6.74. The normalized spacial score (nSPS) is 27.1. The van der Waals surface area contributed by atoms with Crippen LogP contribution in [0, 0.1) is 0 Å². The van der Waals surface area contributed by atoms with Gasteiger partial charge in [-0.15, -0.1) is 0 Å². The van der Waals surface area contributed by atoms with E-state index in [0.717, 1.165) is 37.7 Å². The highest BCUT2D eigenvalue weighted by Gasteiger charge is 2.51. The first-order chi connectivity index (χ1) is 10.4. The number of amides is 1. The topological polar surface area (TPSA) is 63.2 Å². The Bertz CT molecular complexity index is 650. The van der Waals surface area contributed by atoms with Crippen LogP contribution in [-0.2, 0) is 20.0 Å². The molecular weight excluding hydrogens is 298 g/mol. The average Bonchev–Trinajstić information content (AvgIpc) is 3.29. The van der Waals surface area contributed by atoms with Gasteiger partial charge in [0.05, 0.1) is 10.7 Å². The summed E-state index contributed by atoms with van der Waals surface area (Å²) in [5, 5.41) is 2.81. The molecule has 5 heteroatoms. The minimum atomic E-state index is -3.02. The predicted octanol–water partition coefficient (Wildman–Crippen LogP) is 2.19. The highest BCUT2D eigenvalue weighted by molar-refractivity contribution is 7.91. The summed E-state index contributed by atoms with van der Waals surface area (Å²) < 4.78 is 23.5. The zero-order chi connectivity index (χ0) is 15.8. The maximum absolute atomic E-state index is 12.7. The van der Waals surface area contributed by atoms with Gasteiger partial charge in [0.25, 0.3) is 0 Å². The molecule has 0 bridgehead atoms. The van der Waals surface area contributed by atoms with Crippen LogP contribution in [0.2, 0.25) is 0 Å². The van der Waals surface area contributed by atoms with Crippen LogP contribution in [0.4, 0.5) is 0 Å². The summed E-state index contributed by atoms with van der Waals surface area (Å²) in [5.41, 5.74) is 0.696. The van der Waals surface area contributed by atoms with E-state index in [2.05, 4.69) is 5.32 Å². The third-order valence-corrected chi connectivity index (χ3v) is 6.72. The zero-order valence-corrected chi connectivity index (χ0v) is 13.7. The van der Waals surface area contributed by atoms with E-state index in [9.17, 15) is 13.2 Å². The fourth-order valence-electron chi connectivity index (χ4n) is 3.52. The Labute approximate surface area is 132 Å². The molecule has 2 fully saturated rings. The lowest BCUT2D eigenvalue weighted by atomic mass is 9.91. The van der Waals surface area contributed by atoms with Gasteiger partial charge in [-0.3, -0.25) is 4.79 Å². The Balaban J connectivity index is 1.67. The lowest BCUT2D eigenvalue weighted by Gasteiger charge is -2.30. The van der Waals surface area contributed by atoms with Crippen molar-refractivity contribution in [2.24, 2.45) is 0 Å². The number of hydrogen-bond donors (Lipinski definition) is 1. The lowest BCUT2D eigenvalue weighted by Crippen LogP contribution is -2.45. The highest BCUT2D eigenvalue weighted by atomic mass is 32.2. The molecule has 2 saturated carbocycles. The molecule has 1 N–H and O–H groups in total. The summed E-state index contributed by atoms with van der Waals surface area (Å²) in [4.78, 5) is 12.7. The molecule has 0 saturated heterocycles. The van der Waals surface area contributed by atoms with Gasteiger partial charge in [0.1, 0.15) is 9.84 Å². The van der Waals surface area contributed by atoms with Crippen LogP contribution in [0.5, 0.6) is 0 Å². The number of sulfone groups is 1. The van der Waals surface area contributed by atoms with E-state index in [-0.39, 0.29) is 22.6 Å². The van der Waals surface area contributed by atoms with Gasteiger partial charge in [-0.05, 0) is 37.7 Å².